The van der Waals surface area contributed by atoms with E-state index in [1.807, 2.05) is 0 Å². The van der Waals surface area contributed by atoms with E-state index >= 15 is 0 Å². The fraction of sp³-hybridized carbons (Fsp3) is 0.0556. The molecule has 0 bridgehead atoms. The molecule has 0 aliphatic rings. The monoisotopic (exact) mass is 320 g/mol. The Hall–Kier alpha value is -3.77. The zero-order valence-electron chi connectivity index (χ0n) is 12.5. The topological polar surface area (TPSA) is 106 Å². The minimum absolute atomic E-state index is 0.108. The van der Waals surface area contributed by atoms with Crippen LogP contribution in [0.2, 0.25) is 0 Å². The summed E-state index contributed by atoms with van der Waals surface area (Å²) in [5.41, 5.74) is 5.80. The van der Waals surface area contributed by atoms with Crippen molar-refractivity contribution < 1.29 is 18.7 Å². The van der Waals surface area contributed by atoms with Crippen molar-refractivity contribution >= 4 is 18.0 Å². The van der Waals surface area contributed by atoms with Gasteiger partial charge in [0.15, 0.2) is 6.61 Å². The number of furan rings is 1. The first-order chi connectivity index (χ1) is 11.5. The second kappa shape index (κ2) is 7.48. The molecule has 0 aliphatic heterocycles. The third-order valence-corrected chi connectivity index (χ3v) is 2.97. The molecular weight excluding hydrogens is 308 g/mol. The molecule has 0 radical (unpaired) electrons. The van der Waals surface area contributed by atoms with Crippen LogP contribution in [0, 0.1) is 23.7 Å². The van der Waals surface area contributed by atoms with Crippen molar-refractivity contribution in [2.24, 2.45) is 5.73 Å². The molecule has 118 valence electrons. The number of hydrogen-bond donors (Lipinski definition) is 1. The molecule has 2 N–H and O–H groups in total. The van der Waals surface area contributed by atoms with Crippen LogP contribution in [0.1, 0.15) is 16.1 Å². The number of rotatable bonds is 5. The van der Waals surface area contributed by atoms with Gasteiger partial charge in [-0.2, -0.15) is 5.26 Å². The van der Waals surface area contributed by atoms with Crippen LogP contribution in [-0.2, 0) is 9.53 Å². The smallest absolute Gasteiger partial charge is 0.339 e. The van der Waals surface area contributed by atoms with Gasteiger partial charge in [0.2, 0.25) is 0 Å². The normalized spacial score (nSPS) is 10.5. The second-order valence-corrected chi connectivity index (χ2v) is 4.60. The first-order valence-corrected chi connectivity index (χ1v) is 6.77. The van der Waals surface area contributed by atoms with Crippen molar-refractivity contribution in [2.45, 2.75) is 0 Å². The van der Waals surface area contributed by atoms with E-state index in [2.05, 4.69) is 5.92 Å². The maximum absolute atomic E-state index is 11.8. The van der Waals surface area contributed by atoms with Crippen LogP contribution in [0.15, 0.2) is 46.4 Å². The zero-order valence-corrected chi connectivity index (χ0v) is 12.5. The van der Waals surface area contributed by atoms with Crippen LogP contribution in [0.5, 0.6) is 0 Å². The minimum atomic E-state index is -0.839. The van der Waals surface area contributed by atoms with Crippen molar-refractivity contribution in [1.82, 2.24) is 0 Å². The van der Waals surface area contributed by atoms with Crippen molar-refractivity contribution in [2.75, 3.05) is 6.61 Å². The van der Waals surface area contributed by atoms with Crippen molar-refractivity contribution in [3.8, 4) is 29.7 Å². The molecule has 0 atom stereocenters. The number of terminal acetylenes is 1. The van der Waals surface area contributed by atoms with Crippen molar-refractivity contribution in [3.63, 3.8) is 0 Å². The number of hydrogen-bond acceptors (Lipinski definition) is 5. The van der Waals surface area contributed by atoms with Crippen LogP contribution in [0.3, 0.4) is 0 Å². The van der Waals surface area contributed by atoms with Gasteiger partial charge in [-0.05, 0) is 24.3 Å². The van der Waals surface area contributed by atoms with Crippen LogP contribution >= 0.6 is 0 Å². The molecular formula is C18H12N2O4. The third-order valence-electron chi connectivity index (χ3n) is 2.97. The van der Waals surface area contributed by atoms with Gasteiger partial charge >= 0.3 is 5.97 Å². The van der Waals surface area contributed by atoms with Crippen LogP contribution in [0.25, 0.3) is 17.4 Å². The Balaban J connectivity index is 2.28. The largest absolute Gasteiger partial charge is 0.457 e. The molecule has 1 aromatic heterocycles. The van der Waals surface area contributed by atoms with E-state index in [1.165, 1.54) is 6.08 Å². The van der Waals surface area contributed by atoms with E-state index in [0.29, 0.717) is 22.6 Å². The van der Waals surface area contributed by atoms with Crippen molar-refractivity contribution in [3.05, 3.63) is 53.3 Å². The average molecular weight is 320 g/mol. The molecule has 2 aromatic rings. The molecule has 0 spiro atoms. The first kappa shape index (κ1) is 16.6. The number of ether oxygens (including phenoxy) is 1. The van der Waals surface area contributed by atoms with E-state index < -0.39 is 11.9 Å². The van der Waals surface area contributed by atoms with Gasteiger partial charge in [-0.3, -0.25) is 4.79 Å². The predicted molar refractivity (Wildman–Crippen MR) is 86.0 cm³/mol. The number of nitrogens with zero attached hydrogens (tertiary/aromatic N) is 1. The Morgan fingerprint density at radius 1 is 1.33 bits per heavy atom. The molecule has 1 aromatic carbocycles. The number of primary amides is 1. The van der Waals surface area contributed by atoms with Crippen molar-refractivity contribution in [1.29, 1.82) is 5.26 Å². The highest BCUT2D eigenvalue weighted by atomic mass is 16.5. The molecule has 0 saturated heterocycles. The molecule has 6 heteroatoms. The summed E-state index contributed by atoms with van der Waals surface area (Å²) in [6.07, 6.45) is 6.29. The van der Waals surface area contributed by atoms with Crippen LogP contribution in [0.4, 0.5) is 0 Å². The number of nitriles is 1. The quantitative estimate of drug-likeness (QED) is 0.393. The SMILES string of the molecule is C#CCOC(=O)c1cccc(-c2ccc(/C=C(\C#N)C(N)=O)o2)c1. The standard InChI is InChI=1S/C18H12N2O4/c1-2-8-23-18(22)13-5-3-4-12(9-13)16-7-6-15(24-16)10-14(11-19)17(20)21/h1,3-7,9-10H,8H2,(H2,20,21)/b14-10+. The highest BCUT2D eigenvalue weighted by molar-refractivity contribution is 6.00. The molecule has 6 nitrogen and oxygen atoms in total. The summed E-state index contributed by atoms with van der Waals surface area (Å²) in [5, 5.41) is 8.82. The number of esters is 1. The molecule has 0 aliphatic carbocycles. The number of carbonyl (C=O) groups is 2. The third kappa shape index (κ3) is 3.90. The summed E-state index contributed by atoms with van der Waals surface area (Å²) in [5.74, 6) is 1.59. The lowest BCUT2D eigenvalue weighted by Crippen LogP contribution is -2.12. The zero-order chi connectivity index (χ0) is 17.5. The van der Waals surface area contributed by atoms with Gasteiger partial charge < -0.3 is 14.9 Å². The van der Waals surface area contributed by atoms with Gasteiger partial charge in [0, 0.05) is 11.6 Å². The molecule has 2 rings (SSSR count). The molecule has 24 heavy (non-hydrogen) atoms. The average Bonchev–Trinajstić information content (AvgIpc) is 3.06. The highest BCUT2D eigenvalue weighted by Gasteiger charge is 2.11. The lowest BCUT2D eigenvalue weighted by Gasteiger charge is -2.03. The highest BCUT2D eigenvalue weighted by Crippen LogP contribution is 2.24. The molecule has 1 amide bonds. The van der Waals surface area contributed by atoms with Gasteiger partial charge in [-0.15, -0.1) is 6.42 Å². The Bertz CT molecular complexity index is 894. The Morgan fingerprint density at radius 3 is 2.79 bits per heavy atom. The molecule has 1 heterocycles. The lowest BCUT2D eigenvalue weighted by atomic mass is 10.1. The van der Waals surface area contributed by atoms with Gasteiger partial charge in [0.05, 0.1) is 5.56 Å². The van der Waals surface area contributed by atoms with Gasteiger partial charge in [-0.1, -0.05) is 18.1 Å². The number of carbonyl (C=O) groups excluding carboxylic acids is 2. The molecule has 0 saturated carbocycles. The number of nitrogens with two attached hydrogens (primary N) is 1. The van der Waals surface area contributed by atoms with Gasteiger partial charge in [-0.25, -0.2) is 4.79 Å². The first-order valence-electron chi connectivity index (χ1n) is 6.77. The Labute approximate surface area is 138 Å². The summed E-state index contributed by atoms with van der Waals surface area (Å²) < 4.78 is 10.4. The van der Waals surface area contributed by atoms with E-state index in [9.17, 15) is 9.59 Å². The summed E-state index contributed by atoms with van der Waals surface area (Å²) in [4.78, 5) is 22.8. The van der Waals surface area contributed by atoms with Crippen LogP contribution < -0.4 is 5.73 Å². The second-order valence-electron chi connectivity index (χ2n) is 4.60. The molecule has 0 fully saturated rings. The predicted octanol–water partition coefficient (Wildman–Crippen LogP) is 2.13. The fourth-order valence-electron chi connectivity index (χ4n) is 1.88. The minimum Gasteiger partial charge on any atom is -0.457 e. The summed E-state index contributed by atoms with van der Waals surface area (Å²) in [6.45, 7) is -0.108. The summed E-state index contributed by atoms with van der Waals surface area (Å²) in [7, 11) is 0. The van der Waals surface area contributed by atoms with Crippen LogP contribution in [-0.4, -0.2) is 18.5 Å². The maximum Gasteiger partial charge on any atom is 0.339 e. The van der Waals surface area contributed by atoms with E-state index in [4.69, 9.17) is 26.6 Å². The maximum atomic E-state index is 11.8. The summed E-state index contributed by atoms with van der Waals surface area (Å²) in [6, 6.07) is 11.5. The van der Waals surface area contributed by atoms with E-state index in [-0.39, 0.29) is 12.2 Å². The lowest BCUT2D eigenvalue weighted by molar-refractivity contribution is -0.114. The number of amides is 1. The number of benzene rings is 1. The van der Waals surface area contributed by atoms with E-state index in [0.717, 1.165) is 0 Å². The van der Waals surface area contributed by atoms with Gasteiger partial charge in [0.25, 0.3) is 5.91 Å². The van der Waals surface area contributed by atoms with Gasteiger partial charge in [0.1, 0.15) is 23.2 Å². The fourth-order valence-corrected chi connectivity index (χ4v) is 1.88. The molecule has 0 unspecified atom stereocenters. The summed E-state index contributed by atoms with van der Waals surface area (Å²) >= 11 is 0. The Kier molecular flexibility index (Phi) is 5.17. The Morgan fingerprint density at radius 2 is 2.12 bits per heavy atom. The van der Waals surface area contributed by atoms with E-state index in [1.54, 1.807) is 42.5 Å².